The number of H-pyrrole nitrogens is 1. The maximum Gasteiger partial charge on any atom is 0.456 e. The highest BCUT2D eigenvalue weighted by atomic mass is 79.9. The summed E-state index contributed by atoms with van der Waals surface area (Å²) in [6.07, 6.45) is -4.85. The minimum Gasteiger partial charge on any atom is -0.352 e. The van der Waals surface area contributed by atoms with Crippen molar-refractivity contribution in [3.63, 3.8) is 0 Å². The minimum absolute atomic E-state index is 0.444. The first-order valence-electron chi connectivity index (χ1n) is 4.28. The normalized spacial score (nSPS) is 12.0. The Morgan fingerprint density at radius 1 is 1.25 bits per heavy atom. The number of carbonyl (C=O) groups excluding carboxylic acids is 1. The standard InChI is InChI=1S/C10H5BrF3NO/c11-6-1-2-7-5(3-6)4-8(15-7)9(16)10(12,13)14/h1-4,15H. The average Bonchev–Trinajstić information content (AvgIpc) is 2.57. The minimum atomic E-state index is -4.85. The zero-order valence-corrected chi connectivity index (χ0v) is 9.32. The molecule has 1 N–H and O–H groups in total. The quantitative estimate of drug-likeness (QED) is 0.799. The molecular formula is C10H5BrF3NO. The number of fused-ring (bicyclic) bond motifs is 1. The Morgan fingerprint density at radius 3 is 2.56 bits per heavy atom. The van der Waals surface area contributed by atoms with E-state index >= 15 is 0 Å². The predicted molar refractivity (Wildman–Crippen MR) is 56.4 cm³/mol. The van der Waals surface area contributed by atoms with E-state index in [2.05, 4.69) is 20.9 Å². The molecule has 0 unspecified atom stereocenters. The van der Waals surface area contributed by atoms with Gasteiger partial charge >= 0.3 is 6.18 Å². The summed E-state index contributed by atoms with van der Waals surface area (Å²) in [7, 11) is 0. The van der Waals surface area contributed by atoms with Gasteiger partial charge in [0.2, 0.25) is 0 Å². The van der Waals surface area contributed by atoms with Gasteiger partial charge < -0.3 is 4.98 Å². The van der Waals surface area contributed by atoms with Crippen LogP contribution in [0.2, 0.25) is 0 Å². The predicted octanol–water partition coefficient (Wildman–Crippen LogP) is 3.68. The van der Waals surface area contributed by atoms with E-state index in [1.54, 1.807) is 18.2 Å². The highest BCUT2D eigenvalue weighted by molar-refractivity contribution is 9.10. The number of benzene rings is 1. The zero-order valence-electron chi connectivity index (χ0n) is 7.73. The second-order valence-electron chi connectivity index (χ2n) is 3.24. The van der Waals surface area contributed by atoms with Crippen molar-refractivity contribution in [2.75, 3.05) is 0 Å². The number of carbonyl (C=O) groups is 1. The highest BCUT2D eigenvalue weighted by Crippen LogP contribution is 2.25. The van der Waals surface area contributed by atoms with Gasteiger partial charge in [0, 0.05) is 15.4 Å². The zero-order chi connectivity index (χ0) is 11.9. The van der Waals surface area contributed by atoms with Crippen molar-refractivity contribution in [3.05, 3.63) is 34.4 Å². The molecule has 0 amide bonds. The van der Waals surface area contributed by atoms with Crippen LogP contribution in [0.3, 0.4) is 0 Å². The summed E-state index contributed by atoms with van der Waals surface area (Å²) in [5.74, 6) is -1.86. The van der Waals surface area contributed by atoms with E-state index in [9.17, 15) is 18.0 Å². The van der Waals surface area contributed by atoms with E-state index in [0.717, 1.165) is 4.47 Å². The van der Waals surface area contributed by atoms with Gasteiger partial charge in [-0.3, -0.25) is 4.79 Å². The fraction of sp³-hybridized carbons (Fsp3) is 0.100. The number of Topliss-reactive ketones (excluding diaryl/α,β-unsaturated/α-hetero) is 1. The van der Waals surface area contributed by atoms with Crippen LogP contribution in [0.15, 0.2) is 28.7 Å². The van der Waals surface area contributed by atoms with Gasteiger partial charge in [-0.2, -0.15) is 13.2 Å². The molecule has 2 nitrogen and oxygen atoms in total. The monoisotopic (exact) mass is 291 g/mol. The Morgan fingerprint density at radius 2 is 1.94 bits per heavy atom. The van der Waals surface area contributed by atoms with Gasteiger partial charge in [0.05, 0.1) is 5.69 Å². The molecule has 1 heterocycles. The van der Waals surface area contributed by atoms with Gasteiger partial charge in [0.25, 0.3) is 5.78 Å². The lowest BCUT2D eigenvalue weighted by atomic mass is 10.2. The third-order valence-corrected chi connectivity index (χ3v) is 2.58. The topological polar surface area (TPSA) is 32.9 Å². The van der Waals surface area contributed by atoms with Crippen LogP contribution >= 0.6 is 15.9 Å². The summed E-state index contributed by atoms with van der Waals surface area (Å²) in [6.45, 7) is 0. The molecule has 0 aliphatic heterocycles. The Hall–Kier alpha value is -1.30. The van der Waals surface area contributed by atoms with E-state index in [4.69, 9.17) is 0 Å². The molecule has 0 spiro atoms. The summed E-state index contributed by atoms with van der Waals surface area (Å²) in [4.78, 5) is 13.4. The van der Waals surface area contributed by atoms with E-state index in [0.29, 0.717) is 10.9 Å². The number of halogens is 4. The third kappa shape index (κ3) is 1.97. The molecule has 0 saturated carbocycles. The largest absolute Gasteiger partial charge is 0.456 e. The number of nitrogens with one attached hydrogen (secondary N) is 1. The molecule has 0 radical (unpaired) electrons. The number of alkyl halides is 3. The van der Waals surface area contributed by atoms with Crippen LogP contribution in [0.25, 0.3) is 10.9 Å². The molecule has 0 aliphatic carbocycles. The molecule has 0 saturated heterocycles. The molecule has 16 heavy (non-hydrogen) atoms. The summed E-state index contributed by atoms with van der Waals surface area (Å²) >= 11 is 3.20. The number of rotatable bonds is 1. The van der Waals surface area contributed by atoms with Gasteiger partial charge in [-0.1, -0.05) is 15.9 Å². The van der Waals surface area contributed by atoms with Crippen molar-refractivity contribution < 1.29 is 18.0 Å². The van der Waals surface area contributed by atoms with Crippen molar-refractivity contribution in [3.8, 4) is 0 Å². The third-order valence-electron chi connectivity index (χ3n) is 2.08. The van der Waals surface area contributed by atoms with Crippen LogP contribution in [0.1, 0.15) is 10.5 Å². The van der Waals surface area contributed by atoms with Gasteiger partial charge in [0.1, 0.15) is 0 Å². The highest BCUT2D eigenvalue weighted by Gasteiger charge is 2.40. The van der Waals surface area contributed by atoms with Crippen molar-refractivity contribution in [1.29, 1.82) is 0 Å². The summed E-state index contributed by atoms with van der Waals surface area (Å²) in [5.41, 5.74) is 0.0522. The lowest BCUT2D eigenvalue weighted by Crippen LogP contribution is -2.22. The summed E-state index contributed by atoms with van der Waals surface area (Å²) in [5, 5.41) is 0.557. The van der Waals surface area contributed by atoms with E-state index in [-0.39, 0.29) is 0 Å². The Bertz CT molecular complexity index is 559. The molecular weight excluding hydrogens is 287 g/mol. The second kappa shape index (κ2) is 3.62. The number of aromatic amines is 1. The number of ketones is 1. The SMILES string of the molecule is O=C(c1cc2cc(Br)ccc2[nH]1)C(F)(F)F. The maximum absolute atomic E-state index is 12.2. The lowest BCUT2D eigenvalue weighted by molar-refractivity contribution is -0.0887. The molecule has 0 aliphatic rings. The van der Waals surface area contributed by atoms with Crippen LogP contribution in [0, 0.1) is 0 Å². The molecule has 2 rings (SSSR count). The molecule has 0 atom stereocenters. The van der Waals surface area contributed by atoms with Gasteiger partial charge in [-0.05, 0) is 24.3 Å². The maximum atomic E-state index is 12.2. The first kappa shape index (κ1) is 11.2. The Balaban J connectivity index is 2.52. The molecule has 2 aromatic rings. The van der Waals surface area contributed by atoms with Crippen LogP contribution in [0.5, 0.6) is 0 Å². The molecule has 1 aromatic heterocycles. The van der Waals surface area contributed by atoms with Gasteiger partial charge in [-0.15, -0.1) is 0 Å². The molecule has 0 fully saturated rings. The van der Waals surface area contributed by atoms with Crippen molar-refractivity contribution in [2.24, 2.45) is 0 Å². The van der Waals surface area contributed by atoms with Crippen LogP contribution in [-0.4, -0.2) is 16.9 Å². The van der Waals surface area contributed by atoms with Gasteiger partial charge in [0.15, 0.2) is 0 Å². The summed E-state index contributed by atoms with van der Waals surface area (Å²) in [6, 6.07) is 6.11. The fourth-order valence-electron chi connectivity index (χ4n) is 1.38. The van der Waals surface area contributed by atoms with E-state index in [1.165, 1.54) is 6.07 Å². The van der Waals surface area contributed by atoms with E-state index in [1.807, 2.05) is 0 Å². The number of aromatic nitrogens is 1. The Labute approximate surface area is 96.6 Å². The molecule has 0 bridgehead atoms. The number of hydrogen-bond acceptors (Lipinski definition) is 1. The van der Waals surface area contributed by atoms with Crippen LogP contribution in [-0.2, 0) is 0 Å². The fourth-order valence-corrected chi connectivity index (χ4v) is 1.76. The number of hydrogen-bond donors (Lipinski definition) is 1. The Kier molecular flexibility index (Phi) is 2.53. The lowest BCUT2D eigenvalue weighted by Gasteiger charge is -2.01. The van der Waals surface area contributed by atoms with Crippen LogP contribution in [0.4, 0.5) is 13.2 Å². The average molecular weight is 292 g/mol. The molecule has 1 aromatic carbocycles. The van der Waals surface area contributed by atoms with Crippen LogP contribution < -0.4 is 0 Å². The first-order valence-corrected chi connectivity index (χ1v) is 5.07. The summed E-state index contributed by atoms with van der Waals surface area (Å²) < 4.78 is 37.2. The molecule has 84 valence electrons. The van der Waals surface area contributed by atoms with Crippen molar-refractivity contribution >= 4 is 32.6 Å². The van der Waals surface area contributed by atoms with Gasteiger partial charge in [-0.25, -0.2) is 0 Å². The second-order valence-corrected chi connectivity index (χ2v) is 4.16. The van der Waals surface area contributed by atoms with E-state index < -0.39 is 17.7 Å². The molecule has 6 heteroatoms. The van der Waals surface area contributed by atoms with Crippen molar-refractivity contribution in [1.82, 2.24) is 4.98 Å². The first-order chi connectivity index (χ1) is 7.38. The van der Waals surface area contributed by atoms with Crippen molar-refractivity contribution in [2.45, 2.75) is 6.18 Å². The smallest absolute Gasteiger partial charge is 0.352 e.